The molecule has 0 aromatic carbocycles. The summed E-state index contributed by atoms with van der Waals surface area (Å²) in [6.07, 6.45) is 2.09. The molecule has 1 aliphatic carbocycles. The summed E-state index contributed by atoms with van der Waals surface area (Å²) in [6, 6.07) is 0. The second-order valence-corrected chi connectivity index (χ2v) is 4.98. The SMILES string of the molecule is CC1(NC(=O)C2CCC2C(=O)O)CCOC1. The fourth-order valence-corrected chi connectivity index (χ4v) is 2.27. The zero-order valence-corrected chi connectivity index (χ0v) is 9.36. The Bertz CT molecular complexity index is 309. The molecular formula is C11H17NO4. The van der Waals surface area contributed by atoms with Crippen LogP contribution in [0.25, 0.3) is 0 Å². The van der Waals surface area contributed by atoms with Crippen molar-refractivity contribution in [2.75, 3.05) is 13.2 Å². The topological polar surface area (TPSA) is 75.6 Å². The van der Waals surface area contributed by atoms with E-state index >= 15 is 0 Å². The molecule has 1 heterocycles. The van der Waals surface area contributed by atoms with Gasteiger partial charge < -0.3 is 15.2 Å². The van der Waals surface area contributed by atoms with Gasteiger partial charge in [-0.2, -0.15) is 0 Å². The van der Waals surface area contributed by atoms with Gasteiger partial charge in [-0.15, -0.1) is 0 Å². The van der Waals surface area contributed by atoms with Crippen molar-refractivity contribution in [3.63, 3.8) is 0 Å². The van der Waals surface area contributed by atoms with Crippen LogP contribution in [0, 0.1) is 11.8 Å². The van der Waals surface area contributed by atoms with Crippen molar-refractivity contribution in [3.8, 4) is 0 Å². The Balaban J connectivity index is 1.91. The van der Waals surface area contributed by atoms with Crippen LogP contribution in [-0.2, 0) is 14.3 Å². The first-order chi connectivity index (χ1) is 7.52. The first-order valence-corrected chi connectivity index (χ1v) is 5.64. The van der Waals surface area contributed by atoms with E-state index in [9.17, 15) is 9.59 Å². The Labute approximate surface area is 94.2 Å². The number of nitrogens with one attached hydrogen (secondary N) is 1. The fraction of sp³-hybridized carbons (Fsp3) is 0.818. The average molecular weight is 227 g/mol. The lowest BCUT2D eigenvalue weighted by atomic mass is 9.73. The molecule has 3 atom stereocenters. The smallest absolute Gasteiger partial charge is 0.307 e. The summed E-state index contributed by atoms with van der Waals surface area (Å²) >= 11 is 0. The van der Waals surface area contributed by atoms with Gasteiger partial charge in [0.25, 0.3) is 0 Å². The summed E-state index contributed by atoms with van der Waals surface area (Å²) in [5, 5.41) is 11.8. The second kappa shape index (κ2) is 4.05. The highest BCUT2D eigenvalue weighted by molar-refractivity contribution is 5.86. The molecule has 5 nitrogen and oxygen atoms in total. The Kier molecular flexibility index (Phi) is 2.88. The van der Waals surface area contributed by atoms with Crippen LogP contribution in [0.3, 0.4) is 0 Å². The van der Waals surface area contributed by atoms with Crippen LogP contribution in [0.1, 0.15) is 26.2 Å². The first kappa shape index (κ1) is 11.4. The highest BCUT2D eigenvalue weighted by atomic mass is 16.5. The van der Waals surface area contributed by atoms with E-state index in [2.05, 4.69) is 5.32 Å². The minimum Gasteiger partial charge on any atom is -0.481 e. The molecule has 2 N–H and O–H groups in total. The molecule has 2 fully saturated rings. The number of carbonyl (C=O) groups excluding carboxylic acids is 1. The Hall–Kier alpha value is -1.10. The molecule has 1 saturated heterocycles. The van der Waals surface area contributed by atoms with Crippen LogP contribution < -0.4 is 5.32 Å². The highest BCUT2D eigenvalue weighted by Gasteiger charge is 2.43. The van der Waals surface area contributed by atoms with Crippen LogP contribution in [0.2, 0.25) is 0 Å². The molecule has 16 heavy (non-hydrogen) atoms. The Morgan fingerprint density at radius 2 is 2.06 bits per heavy atom. The normalized spacial score (nSPS) is 37.8. The quantitative estimate of drug-likeness (QED) is 0.731. The van der Waals surface area contributed by atoms with Crippen molar-refractivity contribution < 1.29 is 19.4 Å². The van der Waals surface area contributed by atoms with E-state index in [0.29, 0.717) is 26.1 Å². The number of carbonyl (C=O) groups is 2. The third-order valence-corrected chi connectivity index (χ3v) is 3.57. The van der Waals surface area contributed by atoms with Crippen molar-refractivity contribution in [1.82, 2.24) is 5.32 Å². The number of hydrogen-bond donors (Lipinski definition) is 2. The van der Waals surface area contributed by atoms with Gasteiger partial charge in [0.1, 0.15) is 0 Å². The summed E-state index contributed by atoms with van der Waals surface area (Å²) in [6.45, 7) is 3.11. The molecule has 1 amide bonds. The van der Waals surface area contributed by atoms with Gasteiger partial charge >= 0.3 is 5.97 Å². The summed E-state index contributed by atoms with van der Waals surface area (Å²) in [5.41, 5.74) is -0.310. The van der Waals surface area contributed by atoms with E-state index in [-0.39, 0.29) is 17.4 Å². The number of amides is 1. The zero-order chi connectivity index (χ0) is 11.8. The minimum atomic E-state index is -0.862. The predicted octanol–water partition coefficient (Wildman–Crippen LogP) is 0.392. The predicted molar refractivity (Wildman–Crippen MR) is 55.8 cm³/mol. The van der Waals surface area contributed by atoms with E-state index in [4.69, 9.17) is 9.84 Å². The maximum atomic E-state index is 11.9. The lowest BCUT2D eigenvalue weighted by Gasteiger charge is -2.35. The summed E-state index contributed by atoms with van der Waals surface area (Å²) in [4.78, 5) is 22.7. The zero-order valence-electron chi connectivity index (χ0n) is 9.36. The molecule has 1 aliphatic heterocycles. The van der Waals surface area contributed by atoms with E-state index in [1.165, 1.54) is 0 Å². The van der Waals surface area contributed by atoms with Crippen LogP contribution >= 0.6 is 0 Å². The number of carboxylic acids is 1. The molecule has 0 radical (unpaired) electrons. The van der Waals surface area contributed by atoms with Gasteiger partial charge in [0, 0.05) is 6.61 Å². The third-order valence-electron chi connectivity index (χ3n) is 3.57. The standard InChI is InChI=1S/C11H17NO4/c1-11(4-5-16-6-11)12-9(13)7-2-3-8(7)10(14)15/h7-8H,2-6H2,1H3,(H,12,13)(H,14,15). The number of rotatable bonds is 3. The maximum Gasteiger partial charge on any atom is 0.307 e. The lowest BCUT2D eigenvalue weighted by molar-refractivity contribution is -0.153. The van der Waals surface area contributed by atoms with Crippen LogP contribution in [0.4, 0.5) is 0 Å². The van der Waals surface area contributed by atoms with Gasteiger partial charge in [0.15, 0.2) is 0 Å². The molecular weight excluding hydrogens is 210 g/mol. The third kappa shape index (κ3) is 2.04. The van der Waals surface area contributed by atoms with E-state index < -0.39 is 11.9 Å². The number of ether oxygens (including phenoxy) is 1. The molecule has 0 aromatic rings. The van der Waals surface area contributed by atoms with Gasteiger partial charge in [-0.1, -0.05) is 0 Å². The summed E-state index contributed by atoms with van der Waals surface area (Å²) in [7, 11) is 0. The molecule has 3 unspecified atom stereocenters. The van der Waals surface area contributed by atoms with Crippen molar-refractivity contribution in [2.24, 2.45) is 11.8 Å². The van der Waals surface area contributed by atoms with Crippen molar-refractivity contribution in [2.45, 2.75) is 31.7 Å². The van der Waals surface area contributed by atoms with Gasteiger partial charge in [-0.25, -0.2) is 0 Å². The molecule has 0 spiro atoms. The number of aliphatic carboxylic acids is 1. The molecule has 2 aliphatic rings. The number of carboxylic acid groups (broad SMARTS) is 1. The molecule has 2 rings (SSSR count). The fourth-order valence-electron chi connectivity index (χ4n) is 2.27. The van der Waals surface area contributed by atoms with Crippen molar-refractivity contribution in [3.05, 3.63) is 0 Å². The first-order valence-electron chi connectivity index (χ1n) is 5.64. The van der Waals surface area contributed by atoms with Crippen molar-refractivity contribution in [1.29, 1.82) is 0 Å². The molecule has 0 bridgehead atoms. The largest absolute Gasteiger partial charge is 0.481 e. The minimum absolute atomic E-state index is 0.133. The van der Waals surface area contributed by atoms with E-state index in [0.717, 1.165) is 6.42 Å². The summed E-state index contributed by atoms with van der Waals surface area (Å²) < 4.78 is 5.24. The molecule has 5 heteroatoms. The number of hydrogen-bond acceptors (Lipinski definition) is 3. The van der Waals surface area contributed by atoms with Crippen molar-refractivity contribution >= 4 is 11.9 Å². The average Bonchev–Trinajstić information content (AvgIpc) is 2.47. The van der Waals surface area contributed by atoms with E-state index in [1.807, 2.05) is 6.92 Å². The molecule has 90 valence electrons. The Morgan fingerprint density at radius 1 is 1.38 bits per heavy atom. The molecule has 1 saturated carbocycles. The van der Waals surface area contributed by atoms with Crippen LogP contribution in [0.5, 0.6) is 0 Å². The lowest BCUT2D eigenvalue weighted by Crippen LogP contribution is -2.52. The summed E-state index contributed by atoms with van der Waals surface area (Å²) in [5.74, 6) is -1.84. The Morgan fingerprint density at radius 3 is 2.50 bits per heavy atom. The van der Waals surface area contributed by atoms with Gasteiger partial charge in [0.05, 0.1) is 24.0 Å². The van der Waals surface area contributed by atoms with Gasteiger partial charge in [-0.05, 0) is 26.2 Å². The molecule has 0 aromatic heterocycles. The highest BCUT2D eigenvalue weighted by Crippen LogP contribution is 2.35. The van der Waals surface area contributed by atoms with Crippen LogP contribution in [-0.4, -0.2) is 35.7 Å². The van der Waals surface area contributed by atoms with Gasteiger partial charge in [-0.3, -0.25) is 9.59 Å². The second-order valence-electron chi connectivity index (χ2n) is 4.98. The van der Waals surface area contributed by atoms with Crippen LogP contribution in [0.15, 0.2) is 0 Å². The van der Waals surface area contributed by atoms with Gasteiger partial charge in [0.2, 0.25) is 5.91 Å². The monoisotopic (exact) mass is 227 g/mol. The van der Waals surface area contributed by atoms with E-state index in [1.54, 1.807) is 0 Å². The maximum absolute atomic E-state index is 11.9.